The maximum Gasteiger partial charge on any atom is 0.271 e. The third kappa shape index (κ3) is 7.07. The van der Waals surface area contributed by atoms with E-state index in [1.54, 1.807) is 42.9 Å². The normalized spacial score (nSPS) is 14.3. The highest BCUT2D eigenvalue weighted by Crippen LogP contribution is 2.35. The van der Waals surface area contributed by atoms with E-state index in [9.17, 15) is 14.0 Å². The summed E-state index contributed by atoms with van der Waals surface area (Å²) in [5.74, 6) is 1.07. The summed E-state index contributed by atoms with van der Waals surface area (Å²) in [5, 5.41) is 2.97. The molecule has 1 aliphatic rings. The minimum atomic E-state index is -0.723. The number of rotatable bonds is 10. The molecule has 0 radical (unpaired) electrons. The molecule has 244 valence electrons. The number of aromatic nitrogens is 1. The van der Waals surface area contributed by atoms with Crippen molar-refractivity contribution in [2.24, 2.45) is 4.99 Å². The van der Waals surface area contributed by atoms with Crippen molar-refractivity contribution in [2.45, 2.75) is 26.5 Å². The van der Waals surface area contributed by atoms with Gasteiger partial charge >= 0.3 is 0 Å². The van der Waals surface area contributed by atoms with E-state index in [-0.39, 0.29) is 23.9 Å². The van der Waals surface area contributed by atoms with Crippen LogP contribution in [0.3, 0.4) is 0 Å². The quantitative estimate of drug-likeness (QED) is 0.162. The van der Waals surface area contributed by atoms with Gasteiger partial charge in [-0.3, -0.25) is 14.2 Å². The zero-order valence-corrected chi connectivity index (χ0v) is 29.3. The Morgan fingerprint density at radius 1 is 1.04 bits per heavy atom. The molecule has 1 aliphatic heterocycles. The van der Waals surface area contributed by atoms with Crippen molar-refractivity contribution in [1.29, 1.82) is 0 Å². The number of hydrogen-bond acceptors (Lipinski definition) is 7. The SMILES string of the molecule is CCOc1ccc([C@@H]2C(C(=O)Nc3ccccc3)=C(C)N=c3s/c(=C\c4cc(I)c(OCc5ccc(F)cc5)c(OC)c4)c(=O)n32)cc1. The minimum Gasteiger partial charge on any atom is -0.494 e. The smallest absolute Gasteiger partial charge is 0.271 e. The van der Waals surface area contributed by atoms with Crippen LogP contribution in [0.5, 0.6) is 17.2 Å². The number of para-hydroxylation sites is 1. The van der Waals surface area contributed by atoms with Crippen LogP contribution < -0.4 is 34.4 Å². The molecule has 1 N–H and O–H groups in total. The predicted octanol–water partition coefficient (Wildman–Crippen LogP) is 6.60. The Bertz CT molecular complexity index is 2180. The molecule has 0 spiro atoms. The van der Waals surface area contributed by atoms with Gasteiger partial charge in [0.2, 0.25) is 0 Å². The van der Waals surface area contributed by atoms with Gasteiger partial charge in [-0.25, -0.2) is 9.38 Å². The number of allylic oxidation sites excluding steroid dienone is 1. The second-order valence-electron chi connectivity index (χ2n) is 10.9. The number of carbonyl (C=O) groups is 1. The highest BCUT2D eigenvalue weighted by molar-refractivity contribution is 14.1. The van der Waals surface area contributed by atoms with Crippen LogP contribution in [0.2, 0.25) is 0 Å². The van der Waals surface area contributed by atoms with Crippen molar-refractivity contribution in [3.63, 3.8) is 0 Å². The van der Waals surface area contributed by atoms with Crippen molar-refractivity contribution < 1.29 is 23.4 Å². The van der Waals surface area contributed by atoms with Crippen LogP contribution in [0, 0.1) is 9.39 Å². The summed E-state index contributed by atoms with van der Waals surface area (Å²) in [6, 6.07) is 25.7. The Morgan fingerprint density at radius 3 is 2.46 bits per heavy atom. The number of fused-ring (bicyclic) bond motifs is 1. The number of halogens is 2. The first-order valence-electron chi connectivity index (χ1n) is 15.1. The largest absolute Gasteiger partial charge is 0.494 e. The number of benzene rings is 4. The molecule has 11 heteroatoms. The van der Waals surface area contributed by atoms with E-state index in [4.69, 9.17) is 19.2 Å². The highest BCUT2D eigenvalue weighted by Gasteiger charge is 2.32. The maximum absolute atomic E-state index is 14.2. The minimum absolute atomic E-state index is 0.232. The van der Waals surface area contributed by atoms with E-state index in [0.29, 0.717) is 50.1 Å². The average molecular weight is 776 g/mol. The molecule has 0 saturated heterocycles. The van der Waals surface area contributed by atoms with Gasteiger partial charge in [0, 0.05) is 5.69 Å². The summed E-state index contributed by atoms with van der Waals surface area (Å²) in [7, 11) is 1.55. The highest BCUT2D eigenvalue weighted by atomic mass is 127. The number of methoxy groups -OCH3 is 1. The molecule has 1 aromatic heterocycles. The van der Waals surface area contributed by atoms with Gasteiger partial charge in [-0.2, -0.15) is 0 Å². The van der Waals surface area contributed by atoms with Crippen LogP contribution in [0.25, 0.3) is 6.08 Å². The van der Waals surface area contributed by atoms with E-state index in [1.165, 1.54) is 23.5 Å². The summed E-state index contributed by atoms with van der Waals surface area (Å²) in [6.07, 6.45) is 1.79. The molecule has 0 bridgehead atoms. The summed E-state index contributed by atoms with van der Waals surface area (Å²) in [6.45, 7) is 4.45. The van der Waals surface area contributed by atoms with Crippen molar-refractivity contribution in [2.75, 3.05) is 19.0 Å². The van der Waals surface area contributed by atoms with Crippen molar-refractivity contribution in [1.82, 2.24) is 4.57 Å². The molecule has 1 atom stereocenters. The average Bonchev–Trinajstić information content (AvgIpc) is 3.38. The van der Waals surface area contributed by atoms with Gasteiger partial charge in [0.25, 0.3) is 11.5 Å². The number of thiazole rings is 1. The predicted molar refractivity (Wildman–Crippen MR) is 193 cm³/mol. The van der Waals surface area contributed by atoms with E-state index in [2.05, 4.69) is 27.9 Å². The molecule has 6 rings (SSSR count). The standard InChI is InChI=1S/C37H31FIN3O5S/c1-4-46-28-16-12-25(13-17-28)33-32(35(43)41-27-8-6-5-7-9-27)22(2)40-37-42(33)36(44)31(48-37)20-24-18-29(39)34(30(19-24)45-3)47-21-23-10-14-26(38)15-11-23/h5-20,33H,4,21H2,1-3H3,(H,41,43)/b31-20-/t33-/m1/s1. The monoisotopic (exact) mass is 775 g/mol. The Morgan fingerprint density at radius 2 is 1.77 bits per heavy atom. The van der Waals surface area contributed by atoms with Crippen LogP contribution in [-0.2, 0) is 11.4 Å². The van der Waals surface area contributed by atoms with Crippen LogP contribution in [0.4, 0.5) is 10.1 Å². The summed E-state index contributed by atoms with van der Waals surface area (Å²) < 4.78 is 33.5. The number of carbonyl (C=O) groups excluding carboxylic acids is 1. The van der Waals surface area contributed by atoms with E-state index in [1.807, 2.05) is 67.6 Å². The van der Waals surface area contributed by atoms with Gasteiger partial charge in [0.15, 0.2) is 16.3 Å². The number of ether oxygens (including phenoxy) is 3. The maximum atomic E-state index is 14.2. The lowest BCUT2D eigenvalue weighted by molar-refractivity contribution is -0.113. The fraction of sp³-hybridized carbons (Fsp3) is 0.162. The molecule has 5 aromatic rings. The molecule has 0 saturated carbocycles. The fourth-order valence-electron chi connectivity index (χ4n) is 5.41. The van der Waals surface area contributed by atoms with Crippen LogP contribution >= 0.6 is 33.9 Å². The van der Waals surface area contributed by atoms with Crippen molar-refractivity contribution in [3.8, 4) is 17.2 Å². The van der Waals surface area contributed by atoms with Crippen LogP contribution in [0.1, 0.15) is 36.6 Å². The molecule has 0 unspecified atom stereocenters. The van der Waals surface area contributed by atoms with E-state index in [0.717, 1.165) is 20.3 Å². The number of hydrogen-bond donors (Lipinski definition) is 1. The van der Waals surface area contributed by atoms with Crippen LogP contribution in [0.15, 0.2) is 112 Å². The first-order chi connectivity index (χ1) is 23.2. The first kappa shape index (κ1) is 33.2. The Kier molecular flexibility index (Phi) is 10.1. The molecular formula is C37H31FIN3O5S. The summed E-state index contributed by atoms with van der Waals surface area (Å²) in [4.78, 5) is 33.3. The third-order valence-electron chi connectivity index (χ3n) is 7.65. The van der Waals surface area contributed by atoms with Gasteiger partial charge in [0.05, 0.1) is 39.1 Å². The Balaban J connectivity index is 1.40. The van der Waals surface area contributed by atoms with Crippen LogP contribution in [-0.4, -0.2) is 24.2 Å². The summed E-state index contributed by atoms with van der Waals surface area (Å²) in [5.41, 5.74) is 3.55. The molecule has 8 nitrogen and oxygen atoms in total. The first-order valence-corrected chi connectivity index (χ1v) is 17.0. The van der Waals surface area contributed by atoms with Gasteiger partial charge in [-0.15, -0.1) is 0 Å². The lowest BCUT2D eigenvalue weighted by atomic mass is 9.95. The van der Waals surface area contributed by atoms with E-state index >= 15 is 0 Å². The lowest BCUT2D eigenvalue weighted by Crippen LogP contribution is -2.40. The second kappa shape index (κ2) is 14.6. The lowest BCUT2D eigenvalue weighted by Gasteiger charge is -2.25. The zero-order chi connectivity index (χ0) is 33.8. The fourth-order valence-corrected chi connectivity index (χ4v) is 7.24. The van der Waals surface area contributed by atoms with E-state index < -0.39 is 6.04 Å². The van der Waals surface area contributed by atoms with Gasteiger partial charge in [0.1, 0.15) is 18.2 Å². The molecule has 48 heavy (non-hydrogen) atoms. The van der Waals surface area contributed by atoms with Gasteiger partial charge < -0.3 is 19.5 Å². The van der Waals surface area contributed by atoms with Gasteiger partial charge in [-0.05, 0) is 108 Å². The number of nitrogens with one attached hydrogen (secondary N) is 1. The van der Waals surface area contributed by atoms with Gasteiger partial charge in [-0.1, -0.05) is 53.8 Å². The zero-order valence-electron chi connectivity index (χ0n) is 26.3. The molecular weight excluding hydrogens is 744 g/mol. The molecule has 0 aliphatic carbocycles. The Labute approximate surface area is 294 Å². The third-order valence-corrected chi connectivity index (χ3v) is 9.44. The number of nitrogens with zero attached hydrogens (tertiary/aromatic N) is 2. The molecule has 0 fully saturated rings. The van der Waals surface area contributed by atoms with Crippen molar-refractivity contribution >= 4 is 51.6 Å². The number of amides is 1. The van der Waals surface area contributed by atoms with Crippen molar-refractivity contribution in [3.05, 3.63) is 148 Å². The molecule has 4 aromatic carbocycles. The number of anilines is 1. The summed E-state index contributed by atoms with van der Waals surface area (Å²) >= 11 is 3.42. The topological polar surface area (TPSA) is 91.2 Å². The second-order valence-corrected chi connectivity index (χ2v) is 13.0. The molecule has 1 amide bonds. The Hall–Kier alpha value is -4.75. The molecule has 2 heterocycles.